The highest BCUT2D eigenvalue weighted by molar-refractivity contribution is 7.17. The highest BCUT2D eigenvalue weighted by Crippen LogP contribution is 2.27. The fraction of sp³-hybridized carbons (Fsp3) is 0.412. The Balaban J connectivity index is 2.03. The van der Waals surface area contributed by atoms with Crippen molar-refractivity contribution in [1.29, 1.82) is 0 Å². The van der Waals surface area contributed by atoms with E-state index in [1.807, 2.05) is 51.1 Å². The number of rotatable bonds is 6. The van der Waals surface area contributed by atoms with Crippen molar-refractivity contribution in [3.8, 4) is 10.6 Å². The molecule has 1 atom stereocenters. The maximum absolute atomic E-state index is 12.2. The zero-order valence-electron chi connectivity index (χ0n) is 13.2. The van der Waals surface area contributed by atoms with Crippen LogP contribution in [0.3, 0.4) is 0 Å². The summed E-state index contributed by atoms with van der Waals surface area (Å²) >= 11 is 1.38. The molecule has 0 aliphatic heterocycles. The monoisotopic (exact) mass is 318 g/mol. The molecular weight excluding hydrogens is 296 g/mol. The summed E-state index contributed by atoms with van der Waals surface area (Å²) in [7, 11) is 0. The number of nitrogens with zero attached hydrogens (tertiary/aromatic N) is 1. The van der Waals surface area contributed by atoms with Gasteiger partial charge in [0.1, 0.15) is 9.88 Å². The van der Waals surface area contributed by atoms with Gasteiger partial charge >= 0.3 is 0 Å². The van der Waals surface area contributed by atoms with Crippen molar-refractivity contribution in [2.45, 2.75) is 33.3 Å². The van der Waals surface area contributed by atoms with Crippen molar-refractivity contribution in [2.24, 2.45) is 5.92 Å². The predicted molar refractivity (Wildman–Crippen MR) is 90.1 cm³/mol. The lowest BCUT2D eigenvalue weighted by molar-refractivity contribution is 0.0903. The Morgan fingerprint density at radius 1 is 1.32 bits per heavy atom. The summed E-state index contributed by atoms with van der Waals surface area (Å²) in [5, 5.41) is 13.5. The Hall–Kier alpha value is -1.72. The molecule has 1 heterocycles. The first-order valence-electron chi connectivity index (χ1n) is 7.46. The number of thiazole rings is 1. The van der Waals surface area contributed by atoms with Crippen LogP contribution in [-0.4, -0.2) is 28.6 Å². The van der Waals surface area contributed by atoms with Crippen LogP contribution >= 0.6 is 11.3 Å². The summed E-state index contributed by atoms with van der Waals surface area (Å²) in [6.45, 7) is 6.20. The molecule has 0 bridgehead atoms. The first kappa shape index (κ1) is 16.6. The average molecular weight is 318 g/mol. The standard InChI is InChI=1S/C17H22N2O2S/c1-11(2)9-14(20)10-18-16(21)15-12(3)19-17(22-15)13-7-5-4-6-8-13/h4-8,11,14,20H,9-10H2,1-3H3,(H,18,21). The number of amides is 1. The summed E-state index contributed by atoms with van der Waals surface area (Å²) in [6.07, 6.45) is 0.169. The number of aliphatic hydroxyl groups is 1. The molecule has 4 nitrogen and oxygen atoms in total. The predicted octanol–water partition coefficient (Wildman–Crippen LogP) is 3.26. The Kier molecular flexibility index (Phi) is 5.69. The van der Waals surface area contributed by atoms with Crippen molar-refractivity contribution in [3.63, 3.8) is 0 Å². The number of nitrogens with one attached hydrogen (secondary N) is 1. The van der Waals surface area contributed by atoms with Gasteiger partial charge in [0.15, 0.2) is 0 Å². The molecular formula is C17H22N2O2S. The molecule has 0 radical (unpaired) electrons. The van der Waals surface area contributed by atoms with E-state index in [1.165, 1.54) is 11.3 Å². The van der Waals surface area contributed by atoms with E-state index in [9.17, 15) is 9.90 Å². The van der Waals surface area contributed by atoms with Crippen molar-refractivity contribution in [2.75, 3.05) is 6.54 Å². The van der Waals surface area contributed by atoms with Gasteiger partial charge in [-0.15, -0.1) is 11.3 Å². The smallest absolute Gasteiger partial charge is 0.263 e. The highest BCUT2D eigenvalue weighted by atomic mass is 32.1. The molecule has 2 N–H and O–H groups in total. The summed E-state index contributed by atoms with van der Waals surface area (Å²) in [6, 6.07) is 9.81. The lowest BCUT2D eigenvalue weighted by atomic mass is 10.1. The van der Waals surface area contributed by atoms with E-state index in [-0.39, 0.29) is 12.5 Å². The third-order valence-electron chi connectivity index (χ3n) is 3.27. The largest absolute Gasteiger partial charge is 0.391 e. The van der Waals surface area contributed by atoms with Gasteiger partial charge in [0.25, 0.3) is 5.91 Å². The highest BCUT2D eigenvalue weighted by Gasteiger charge is 2.17. The molecule has 2 aromatic rings. The minimum absolute atomic E-state index is 0.167. The van der Waals surface area contributed by atoms with Gasteiger partial charge in [-0.3, -0.25) is 4.79 Å². The number of carbonyl (C=O) groups excluding carboxylic acids is 1. The molecule has 0 aliphatic rings. The van der Waals surface area contributed by atoms with Gasteiger partial charge in [-0.2, -0.15) is 0 Å². The van der Waals surface area contributed by atoms with Gasteiger partial charge in [0, 0.05) is 12.1 Å². The van der Waals surface area contributed by atoms with Gasteiger partial charge in [-0.05, 0) is 19.3 Å². The number of benzene rings is 1. The SMILES string of the molecule is Cc1nc(-c2ccccc2)sc1C(=O)NCC(O)CC(C)C. The fourth-order valence-corrected chi connectivity index (χ4v) is 3.22. The van der Waals surface area contributed by atoms with Crippen LogP contribution in [-0.2, 0) is 0 Å². The van der Waals surface area contributed by atoms with E-state index in [0.717, 1.165) is 16.3 Å². The second-order valence-corrected chi connectivity index (χ2v) is 6.79. The van der Waals surface area contributed by atoms with E-state index >= 15 is 0 Å². The average Bonchev–Trinajstić information content (AvgIpc) is 2.87. The van der Waals surface area contributed by atoms with Crippen LogP contribution in [0.25, 0.3) is 10.6 Å². The minimum Gasteiger partial charge on any atom is -0.391 e. The second kappa shape index (κ2) is 7.51. The third-order valence-corrected chi connectivity index (χ3v) is 4.47. The summed E-state index contributed by atoms with van der Waals surface area (Å²) in [4.78, 5) is 17.3. The van der Waals surface area contributed by atoms with E-state index in [2.05, 4.69) is 10.3 Å². The van der Waals surface area contributed by atoms with Crippen LogP contribution in [0.5, 0.6) is 0 Å². The van der Waals surface area contributed by atoms with Crippen LogP contribution in [0.4, 0.5) is 0 Å². The van der Waals surface area contributed by atoms with E-state index in [1.54, 1.807) is 0 Å². The Labute approximate surface area is 135 Å². The number of aliphatic hydroxyl groups excluding tert-OH is 1. The van der Waals surface area contributed by atoms with Crippen LogP contribution in [0.15, 0.2) is 30.3 Å². The normalized spacial score (nSPS) is 12.4. The molecule has 0 fully saturated rings. The first-order chi connectivity index (χ1) is 10.5. The molecule has 1 amide bonds. The maximum Gasteiger partial charge on any atom is 0.263 e. The molecule has 0 saturated heterocycles. The fourth-order valence-electron chi connectivity index (χ4n) is 2.23. The Morgan fingerprint density at radius 3 is 2.64 bits per heavy atom. The lowest BCUT2D eigenvalue weighted by Crippen LogP contribution is -2.32. The molecule has 1 unspecified atom stereocenters. The summed E-state index contributed by atoms with van der Waals surface area (Å²) in [5.41, 5.74) is 1.73. The summed E-state index contributed by atoms with van der Waals surface area (Å²) < 4.78 is 0. The Bertz CT molecular complexity index is 623. The lowest BCUT2D eigenvalue weighted by Gasteiger charge is -2.13. The quantitative estimate of drug-likeness (QED) is 0.859. The second-order valence-electron chi connectivity index (χ2n) is 5.79. The van der Waals surface area contributed by atoms with Gasteiger partial charge in [-0.1, -0.05) is 44.2 Å². The molecule has 0 spiro atoms. The molecule has 1 aromatic carbocycles. The molecule has 1 aromatic heterocycles. The number of hydrogen-bond acceptors (Lipinski definition) is 4. The number of hydrogen-bond donors (Lipinski definition) is 2. The van der Waals surface area contributed by atoms with Crippen LogP contribution in [0.1, 0.15) is 35.6 Å². The zero-order valence-corrected chi connectivity index (χ0v) is 14.0. The van der Waals surface area contributed by atoms with E-state index in [0.29, 0.717) is 17.2 Å². The van der Waals surface area contributed by atoms with Crippen molar-refractivity contribution < 1.29 is 9.90 Å². The third kappa shape index (κ3) is 4.39. The molecule has 0 aliphatic carbocycles. The van der Waals surface area contributed by atoms with Crippen molar-refractivity contribution >= 4 is 17.2 Å². The minimum atomic E-state index is -0.509. The van der Waals surface area contributed by atoms with Gasteiger partial charge in [0.05, 0.1) is 11.8 Å². The first-order valence-corrected chi connectivity index (χ1v) is 8.28. The van der Waals surface area contributed by atoms with Crippen LogP contribution in [0.2, 0.25) is 0 Å². The van der Waals surface area contributed by atoms with Gasteiger partial charge < -0.3 is 10.4 Å². The number of carbonyl (C=O) groups is 1. The number of aryl methyl sites for hydroxylation is 1. The topological polar surface area (TPSA) is 62.2 Å². The molecule has 22 heavy (non-hydrogen) atoms. The zero-order chi connectivity index (χ0) is 16.1. The molecule has 2 rings (SSSR count). The molecule has 0 saturated carbocycles. The number of aromatic nitrogens is 1. The maximum atomic E-state index is 12.2. The van der Waals surface area contributed by atoms with Crippen LogP contribution in [0, 0.1) is 12.8 Å². The molecule has 118 valence electrons. The van der Waals surface area contributed by atoms with Gasteiger partial charge in [0.2, 0.25) is 0 Å². The summed E-state index contributed by atoms with van der Waals surface area (Å²) in [5.74, 6) is 0.238. The van der Waals surface area contributed by atoms with Crippen LogP contribution < -0.4 is 5.32 Å². The van der Waals surface area contributed by atoms with Crippen molar-refractivity contribution in [3.05, 3.63) is 40.9 Å². The molecule has 5 heteroatoms. The van der Waals surface area contributed by atoms with Crippen molar-refractivity contribution in [1.82, 2.24) is 10.3 Å². The van der Waals surface area contributed by atoms with E-state index in [4.69, 9.17) is 0 Å². The van der Waals surface area contributed by atoms with E-state index < -0.39 is 6.10 Å². The van der Waals surface area contributed by atoms with Gasteiger partial charge in [-0.25, -0.2) is 4.98 Å². The Morgan fingerprint density at radius 2 is 2.00 bits per heavy atom.